The minimum Gasteiger partial charge on any atom is -0.481 e. The van der Waals surface area contributed by atoms with Gasteiger partial charge in [0, 0.05) is 10.4 Å². The molecule has 2 aromatic rings. The summed E-state index contributed by atoms with van der Waals surface area (Å²) in [5.74, 6) is -1.16. The Morgan fingerprint density at radius 3 is 2.81 bits per heavy atom. The largest absolute Gasteiger partial charge is 0.481 e. The van der Waals surface area contributed by atoms with Crippen LogP contribution < -0.4 is 0 Å². The number of halogens is 1. The Labute approximate surface area is 96.0 Å². The highest BCUT2D eigenvalue weighted by Crippen LogP contribution is 2.29. The van der Waals surface area contributed by atoms with E-state index in [1.807, 2.05) is 0 Å². The van der Waals surface area contributed by atoms with E-state index in [9.17, 15) is 9.18 Å². The minimum atomic E-state index is -0.877. The second kappa shape index (κ2) is 4.45. The Hall–Kier alpha value is -1.68. The van der Waals surface area contributed by atoms with Crippen LogP contribution in [0, 0.1) is 5.82 Å². The number of carbonyl (C=O) groups is 1. The quantitative estimate of drug-likeness (QED) is 0.888. The van der Waals surface area contributed by atoms with Crippen LogP contribution in [0.2, 0.25) is 0 Å². The Balaban J connectivity index is 2.32. The lowest BCUT2D eigenvalue weighted by atomic mass is 10.1. The minimum absolute atomic E-state index is 0.0229. The molecule has 0 radical (unpaired) electrons. The highest BCUT2D eigenvalue weighted by atomic mass is 32.1. The van der Waals surface area contributed by atoms with E-state index in [0.717, 1.165) is 4.88 Å². The van der Waals surface area contributed by atoms with E-state index >= 15 is 0 Å². The van der Waals surface area contributed by atoms with Crippen molar-refractivity contribution in [3.63, 3.8) is 0 Å². The smallest absolute Gasteiger partial charge is 0.307 e. The van der Waals surface area contributed by atoms with Crippen LogP contribution >= 0.6 is 11.3 Å². The maximum absolute atomic E-state index is 13.4. The van der Waals surface area contributed by atoms with Gasteiger partial charge in [0.2, 0.25) is 0 Å². The van der Waals surface area contributed by atoms with Gasteiger partial charge in [-0.25, -0.2) is 4.39 Å². The monoisotopic (exact) mass is 236 g/mol. The predicted molar refractivity (Wildman–Crippen MR) is 61.1 cm³/mol. The molecule has 0 aliphatic rings. The van der Waals surface area contributed by atoms with E-state index in [-0.39, 0.29) is 12.2 Å². The fraction of sp³-hybridized carbons (Fsp3) is 0.0833. The third kappa shape index (κ3) is 2.28. The maximum Gasteiger partial charge on any atom is 0.307 e. The van der Waals surface area contributed by atoms with Crippen molar-refractivity contribution < 1.29 is 14.3 Å². The number of carboxylic acid groups (broad SMARTS) is 1. The fourth-order valence-corrected chi connectivity index (χ4v) is 2.39. The molecule has 1 N–H and O–H groups in total. The van der Waals surface area contributed by atoms with E-state index in [4.69, 9.17) is 5.11 Å². The van der Waals surface area contributed by atoms with Crippen molar-refractivity contribution in [1.29, 1.82) is 0 Å². The average Bonchev–Trinajstić information content (AvgIpc) is 2.66. The van der Waals surface area contributed by atoms with Crippen LogP contribution in [-0.4, -0.2) is 11.1 Å². The van der Waals surface area contributed by atoms with Gasteiger partial charge in [0.25, 0.3) is 0 Å². The molecule has 2 nitrogen and oxygen atoms in total. The van der Waals surface area contributed by atoms with Gasteiger partial charge in [0.1, 0.15) is 5.82 Å². The van der Waals surface area contributed by atoms with E-state index in [1.54, 1.807) is 29.6 Å². The second-order valence-corrected chi connectivity index (χ2v) is 4.28. The van der Waals surface area contributed by atoms with Gasteiger partial charge in [-0.3, -0.25) is 4.79 Å². The molecule has 0 saturated carbocycles. The normalized spacial score (nSPS) is 10.3. The van der Waals surface area contributed by atoms with Crippen LogP contribution in [0.25, 0.3) is 10.4 Å². The number of benzene rings is 1. The SMILES string of the molecule is O=C(O)Cc1csc(-c2ccccc2F)c1. The number of carboxylic acids is 1. The molecule has 0 fully saturated rings. The fourth-order valence-electron chi connectivity index (χ4n) is 1.45. The Kier molecular flexibility index (Phi) is 3.01. The third-order valence-electron chi connectivity index (χ3n) is 2.15. The molecule has 2 rings (SSSR count). The zero-order valence-corrected chi connectivity index (χ0v) is 9.13. The number of thiophene rings is 1. The number of aliphatic carboxylic acids is 1. The highest BCUT2D eigenvalue weighted by molar-refractivity contribution is 7.13. The summed E-state index contributed by atoms with van der Waals surface area (Å²) in [5.41, 5.74) is 1.22. The van der Waals surface area contributed by atoms with Crippen molar-refractivity contribution in [3.05, 3.63) is 47.1 Å². The van der Waals surface area contributed by atoms with Crippen LogP contribution in [0.3, 0.4) is 0 Å². The number of hydrogen-bond donors (Lipinski definition) is 1. The molecular formula is C12H9FO2S. The number of rotatable bonds is 3. The first-order valence-electron chi connectivity index (χ1n) is 4.71. The Bertz CT molecular complexity index is 519. The van der Waals surface area contributed by atoms with Crippen molar-refractivity contribution in [2.24, 2.45) is 0 Å². The summed E-state index contributed by atoms with van der Waals surface area (Å²) in [5, 5.41) is 10.4. The molecule has 0 unspecified atom stereocenters. The molecule has 1 heterocycles. The molecule has 0 aliphatic carbocycles. The zero-order valence-electron chi connectivity index (χ0n) is 8.31. The summed E-state index contributed by atoms with van der Waals surface area (Å²) < 4.78 is 13.4. The molecule has 16 heavy (non-hydrogen) atoms. The lowest BCUT2D eigenvalue weighted by molar-refractivity contribution is -0.136. The van der Waals surface area contributed by atoms with E-state index in [0.29, 0.717) is 11.1 Å². The zero-order chi connectivity index (χ0) is 11.5. The van der Waals surface area contributed by atoms with Gasteiger partial charge in [-0.15, -0.1) is 11.3 Å². The summed E-state index contributed by atoms with van der Waals surface area (Å²) in [7, 11) is 0. The highest BCUT2D eigenvalue weighted by Gasteiger charge is 2.08. The summed E-state index contributed by atoms with van der Waals surface area (Å²) in [6.07, 6.45) is -0.0229. The lowest BCUT2D eigenvalue weighted by Crippen LogP contribution is -1.97. The molecule has 0 saturated heterocycles. The van der Waals surface area contributed by atoms with Gasteiger partial charge in [-0.2, -0.15) is 0 Å². The number of hydrogen-bond acceptors (Lipinski definition) is 2. The van der Waals surface area contributed by atoms with Crippen molar-refractivity contribution in [2.45, 2.75) is 6.42 Å². The van der Waals surface area contributed by atoms with Crippen molar-refractivity contribution in [2.75, 3.05) is 0 Å². The van der Waals surface area contributed by atoms with Crippen molar-refractivity contribution >= 4 is 17.3 Å². The standard InChI is InChI=1S/C12H9FO2S/c13-10-4-2-1-3-9(10)11-5-8(7-16-11)6-12(14)15/h1-5,7H,6H2,(H,14,15). The van der Waals surface area contributed by atoms with Crippen LogP contribution in [0.5, 0.6) is 0 Å². The molecule has 1 aromatic heterocycles. The first-order valence-corrected chi connectivity index (χ1v) is 5.59. The molecular weight excluding hydrogens is 227 g/mol. The Morgan fingerprint density at radius 1 is 1.38 bits per heavy atom. The molecule has 0 amide bonds. The second-order valence-electron chi connectivity index (χ2n) is 3.37. The van der Waals surface area contributed by atoms with Gasteiger partial charge >= 0.3 is 5.97 Å². The van der Waals surface area contributed by atoms with Crippen molar-refractivity contribution in [1.82, 2.24) is 0 Å². The average molecular weight is 236 g/mol. The molecule has 0 atom stereocenters. The molecule has 0 bridgehead atoms. The van der Waals surface area contributed by atoms with E-state index in [2.05, 4.69) is 0 Å². The molecule has 82 valence electrons. The van der Waals surface area contributed by atoms with Crippen molar-refractivity contribution in [3.8, 4) is 10.4 Å². The van der Waals surface area contributed by atoms with Crippen LogP contribution in [-0.2, 0) is 11.2 Å². The summed E-state index contributed by atoms with van der Waals surface area (Å²) in [6, 6.07) is 8.19. The third-order valence-corrected chi connectivity index (χ3v) is 3.16. The molecule has 4 heteroatoms. The maximum atomic E-state index is 13.4. The van der Waals surface area contributed by atoms with Gasteiger partial charge in [0.05, 0.1) is 6.42 Å². The molecule has 0 aliphatic heterocycles. The van der Waals surface area contributed by atoms with Crippen LogP contribution in [0.4, 0.5) is 4.39 Å². The van der Waals surface area contributed by atoms with Gasteiger partial charge in [-0.05, 0) is 23.1 Å². The van der Waals surface area contributed by atoms with Gasteiger partial charge in [0.15, 0.2) is 0 Å². The molecule has 0 spiro atoms. The summed E-state index contributed by atoms with van der Waals surface area (Å²) >= 11 is 1.36. The Morgan fingerprint density at radius 2 is 2.12 bits per heavy atom. The lowest BCUT2D eigenvalue weighted by Gasteiger charge is -1.97. The van der Waals surface area contributed by atoms with E-state index < -0.39 is 5.97 Å². The van der Waals surface area contributed by atoms with E-state index in [1.165, 1.54) is 17.4 Å². The van der Waals surface area contributed by atoms with Gasteiger partial charge in [-0.1, -0.05) is 18.2 Å². The first-order chi connectivity index (χ1) is 7.66. The van der Waals surface area contributed by atoms with Crippen LogP contribution in [0.1, 0.15) is 5.56 Å². The molecule has 1 aromatic carbocycles. The van der Waals surface area contributed by atoms with Crippen LogP contribution in [0.15, 0.2) is 35.7 Å². The first kappa shape index (κ1) is 10.8. The predicted octanol–water partition coefficient (Wildman–Crippen LogP) is 3.18. The summed E-state index contributed by atoms with van der Waals surface area (Å²) in [4.78, 5) is 11.3. The topological polar surface area (TPSA) is 37.3 Å². The van der Waals surface area contributed by atoms with Gasteiger partial charge < -0.3 is 5.11 Å². The summed E-state index contributed by atoms with van der Waals surface area (Å²) in [6.45, 7) is 0.